The number of halogens is 2. The highest BCUT2D eigenvalue weighted by atomic mass is 19.2. The maximum atomic E-state index is 13.3. The van der Waals surface area contributed by atoms with Crippen LogP contribution in [0.25, 0.3) is 0 Å². The van der Waals surface area contributed by atoms with E-state index in [-0.39, 0.29) is 5.56 Å². The highest BCUT2D eigenvalue weighted by molar-refractivity contribution is 6.33. The van der Waals surface area contributed by atoms with Gasteiger partial charge in [0.25, 0.3) is 0 Å². The van der Waals surface area contributed by atoms with Crippen molar-refractivity contribution in [3.8, 4) is 5.75 Å². The largest absolute Gasteiger partial charge is 0.707 e. The van der Waals surface area contributed by atoms with Crippen LogP contribution in [0.15, 0.2) is 12.1 Å². The van der Waals surface area contributed by atoms with Crippen LogP contribution in [-0.2, 0) is 6.42 Å². The fourth-order valence-corrected chi connectivity index (χ4v) is 1.24. The van der Waals surface area contributed by atoms with Gasteiger partial charge in [0.05, 0.1) is 0 Å². The Bertz CT molecular complexity index is 344. The number of rotatable bonds is 4. The van der Waals surface area contributed by atoms with Gasteiger partial charge in [-0.1, -0.05) is 19.4 Å². The van der Waals surface area contributed by atoms with Crippen LogP contribution < -0.4 is 4.65 Å². The molecular weight excluding hydrogens is 205 g/mol. The third-order valence-electron chi connectivity index (χ3n) is 1.88. The van der Waals surface area contributed by atoms with Crippen LogP contribution >= 0.6 is 0 Å². The molecule has 1 aromatic carbocycles. The van der Waals surface area contributed by atoms with Gasteiger partial charge in [0.2, 0.25) is 0 Å². The highest BCUT2D eigenvalue weighted by Gasteiger charge is 2.18. The first-order valence-electron chi connectivity index (χ1n) is 4.56. The van der Waals surface area contributed by atoms with Crippen molar-refractivity contribution in [2.24, 2.45) is 0 Å². The number of hydrogen-bond acceptors (Lipinski definition) is 3. The molecule has 3 nitrogen and oxygen atoms in total. The lowest BCUT2D eigenvalue weighted by atomic mass is 10.1. The molecule has 0 saturated carbocycles. The first-order chi connectivity index (χ1) is 7.06. The number of aryl methyl sites for hydroxylation is 1. The molecule has 82 valence electrons. The lowest BCUT2D eigenvalue weighted by Gasteiger charge is -2.08. The van der Waals surface area contributed by atoms with Gasteiger partial charge < -0.3 is 14.7 Å². The zero-order chi connectivity index (χ0) is 11.4. The smallest absolute Gasteiger partial charge is 0.509 e. The molecule has 0 atom stereocenters. The van der Waals surface area contributed by atoms with Crippen molar-refractivity contribution in [1.29, 1.82) is 0 Å². The van der Waals surface area contributed by atoms with Gasteiger partial charge in [0.15, 0.2) is 11.6 Å². The minimum Gasteiger partial charge on any atom is -0.509 e. The molecule has 2 N–H and O–H groups in total. The van der Waals surface area contributed by atoms with E-state index < -0.39 is 24.7 Å². The molecule has 1 aromatic rings. The lowest BCUT2D eigenvalue weighted by Crippen LogP contribution is -2.21. The van der Waals surface area contributed by atoms with E-state index >= 15 is 0 Å². The van der Waals surface area contributed by atoms with E-state index in [4.69, 9.17) is 10.0 Å². The Kier molecular flexibility index (Phi) is 4.05. The van der Waals surface area contributed by atoms with Crippen LogP contribution in [0.1, 0.15) is 18.9 Å². The molecule has 0 spiro atoms. The summed E-state index contributed by atoms with van der Waals surface area (Å²) >= 11 is 0. The lowest BCUT2D eigenvalue weighted by molar-refractivity contribution is 0.279. The van der Waals surface area contributed by atoms with Crippen molar-refractivity contribution in [2.45, 2.75) is 19.8 Å². The maximum Gasteiger partial charge on any atom is 0.707 e. The predicted molar refractivity (Wildman–Crippen MR) is 51.2 cm³/mol. The van der Waals surface area contributed by atoms with Crippen LogP contribution in [0.3, 0.4) is 0 Å². The number of hydrogen-bond donors (Lipinski definition) is 2. The Morgan fingerprint density at radius 2 is 1.93 bits per heavy atom. The fourth-order valence-electron chi connectivity index (χ4n) is 1.24. The molecule has 1 rings (SSSR count). The van der Waals surface area contributed by atoms with Gasteiger partial charge in [0, 0.05) is 0 Å². The molecule has 0 unspecified atom stereocenters. The van der Waals surface area contributed by atoms with Crippen LogP contribution in [0.2, 0.25) is 0 Å². The SMILES string of the molecule is CCCc1ccc(OB(O)O)c(F)c1F. The second-order valence-corrected chi connectivity index (χ2v) is 3.04. The van der Waals surface area contributed by atoms with Crippen molar-refractivity contribution in [3.05, 3.63) is 29.3 Å². The van der Waals surface area contributed by atoms with E-state index in [1.165, 1.54) is 12.1 Å². The van der Waals surface area contributed by atoms with Crippen molar-refractivity contribution in [3.63, 3.8) is 0 Å². The fraction of sp³-hybridized carbons (Fsp3) is 0.333. The first kappa shape index (κ1) is 11.9. The predicted octanol–water partition coefficient (Wildman–Crippen LogP) is 1.27. The summed E-state index contributed by atoms with van der Waals surface area (Å²) in [5, 5.41) is 16.9. The summed E-state index contributed by atoms with van der Waals surface area (Å²) in [5.41, 5.74) is 0.245. The average molecular weight is 216 g/mol. The Morgan fingerprint density at radius 3 is 2.47 bits per heavy atom. The molecular formula is C9H11BF2O3. The Balaban J connectivity index is 2.98. The van der Waals surface area contributed by atoms with E-state index in [1.807, 2.05) is 6.92 Å². The molecule has 0 heterocycles. The molecule has 0 amide bonds. The molecule has 0 aromatic heterocycles. The normalized spacial score (nSPS) is 10.2. The molecule has 0 fully saturated rings. The van der Waals surface area contributed by atoms with E-state index in [2.05, 4.69) is 4.65 Å². The summed E-state index contributed by atoms with van der Waals surface area (Å²) in [5.74, 6) is -2.72. The van der Waals surface area contributed by atoms with Crippen LogP contribution in [0.4, 0.5) is 8.78 Å². The van der Waals surface area contributed by atoms with Crippen LogP contribution in [-0.4, -0.2) is 17.4 Å². The molecule has 0 aliphatic heterocycles. The van der Waals surface area contributed by atoms with Gasteiger partial charge in [0.1, 0.15) is 5.75 Å². The summed E-state index contributed by atoms with van der Waals surface area (Å²) in [4.78, 5) is 0. The van der Waals surface area contributed by atoms with Crippen molar-refractivity contribution in [1.82, 2.24) is 0 Å². The second kappa shape index (κ2) is 5.09. The van der Waals surface area contributed by atoms with Crippen LogP contribution in [0.5, 0.6) is 5.75 Å². The van der Waals surface area contributed by atoms with Gasteiger partial charge in [-0.05, 0) is 18.1 Å². The van der Waals surface area contributed by atoms with Crippen molar-refractivity contribution < 1.29 is 23.5 Å². The van der Waals surface area contributed by atoms with E-state index in [9.17, 15) is 8.78 Å². The maximum absolute atomic E-state index is 13.3. The van der Waals surface area contributed by atoms with Gasteiger partial charge >= 0.3 is 7.32 Å². The molecule has 0 radical (unpaired) electrons. The van der Waals surface area contributed by atoms with E-state index in [0.29, 0.717) is 12.8 Å². The van der Waals surface area contributed by atoms with E-state index in [0.717, 1.165) is 0 Å². The molecule has 0 saturated heterocycles. The van der Waals surface area contributed by atoms with Gasteiger partial charge in [-0.15, -0.1) is 0 Å². The summed E-state index contributed by atoms with van der Waals surface area (Å²) in [7, 11) is -2.16. The minimum absolute atomic E-state index is 0.245. The molecule has 0 bridgehead atoms. The van der Waals surface area contributed by atoms with Gasteiger partial charge in [-0.2, -0.15) is 4.39 Å². The standard InChI is InChI=1S/C9H11BF2O3/c1-2-3-6-4-5-7(15-10(13)14)9(12)8(6)11/h4-5,13-14H,2-3H2,1H3. The zero-order valence-corrected chi connectivity index (χ0v) is 8.20. The third-order valence-corrected chi connectivity index (χ3v) is 1.88. The molecule has 0 aliphatic rings. The molecule has 0 aliphatic carbocycles. The first-order valence-corrected chi connectivity index (χ1v) is 4.56. The van der Waals surface area contributed by atoms with Crippen LogP contribution in [0, 0.1) is 11.6 Å². The average Bonchev–Trinajstić information content (AvgIpc) is 2.17. The van der Waals surface area contributed by atoms with Gasteiger partial charge in [-0.3, -0.25) is 0 Å². The summed E-state index contributed by atoms with van der Waals surface area (Å²) in [6.45, 7) is 1.85. The van der Waals surface area contributed by atoms with E-state index in [1.54, 1.807) is 0 Å². The Hall–Kier alpha value is -1.14. The summed E-state index contributed by atoms with van der Waals surface area (Å²) in [6, 6.07) is 2.53. The quantitative estimate of drug-likeness (QED) is 0.745. The Morgan fingerprint density at radius 1 is 1.27 bits per heavy atom. The topological polar surface area (TPSA) is 49.7 Å². The molecule has 15 heavy (non-hydrogen) atoms. The monoisotopic (exact) mass is 216 g/mol. The minimum atomic E-state index is -2.16. The van der Waals surface area contributed by atoms with Crippen molar-refractivity contribution in [2.75, 3.05) is 0 Å². The number of benzene rings is 1. The van der Waals surface area contributed by atoms with Crippen molar-refractivity contribution >= 4 is 7.32 Å². The molecule has 6 heteroatoms. The summed E-state index contributed by atoms with van der Waals surface area (Å²) in [6.07, 6.45) is 1.11. The second-order valence-electron chi connectivity index (χ2n) is 3.04. The highest BCUT2D eigenvalue weighted by Crippen LogP contribution is 2.23. The zero-order valence-electron chi connectivity index (χ0n) is 8.20. The summed E-state index contributed by atoms with van der Waals surface area (Å²) < 4.78 is 30.8. The van der Waals surface area contributed by atoms with Gasteiger partial charge in [-0.25, -0.2) is 4.39 Å². The third kappa shape index (κ3) is 2.90. The Labute approximate surface area is 86.5 Å².